The summed E-state index contributed by atoms with van der Waals surface area (Å²) in [5, 5.41) is 0. The monoisotopic (exact) mass is 247 g/mol. The standard InChI is InChI=1S/C13H14FN3O/c1-17(8-10-5-3-4-6-11(10)14)12-7-13(18-2)16-9-15-12/h3-7,9H,8H2,1-2H3. The second-order valence-electron chi connectivity index (χ2n) is 3.87. The quantitative estimate of drug-likeness (QED) is 0.830. The molecule has 2 rings (SSSR count). The number of ether oxygens (including phenoxy) is 1. The lowest BCUT2D eigenvalue weighted by Gasteiger charge is -2.18. The van der Waals surface area contributed by atoms with Crippen LogP contribution in [-0.2, 0) is 6.54 Å². The van der Waals surface area contributed by atoms with Crippen molar-refractivity contribution < 1.29 is 9.13 Å². The molecule has 0 radical (unpaired) electrons. The fourth-order valence-corrected chi connectivity index (χ4v) is 1.61. The highest BCUT2D eigenvalue weighted by atomic mass is 19.1. The second kappa shape index (κ2) is 5.44. The molecule has 1 aromatic carbocycles. The minimum Gasteiger partial charge on any atom is -0.481 e. The molecule has 94 valence electrons. The van der Waals surface area contributed by atoms with Gasteiger partial charge in [0.05, 0.1) is 7.11 Å². The number of nitrogens with zero attached hydrogens (tertiary/aromatic N) is 3. The van der Waals surface area contributed by atoms with Crippen LogP contribution in [0.15, 0.2) is 36.7 Å². The molecule has 0 bridgehead atoms. The first-order valence-corrected chi connectivity index (χ1v) is 5.51. The maximum atomic E-state index is 13.5. The molecule has 5 heteroatoms. The van der Waals surface area contributed by atoms with Crippen LogP contribution in [0.3, 0.4) is 0 Å². The second-order valence-corrected chi connectivity index (χ2v) is 3.87. The SMILES string of the molecule is COc1cc(N(C)Cc2ccccc2F)ncn1. The Balaban J connectivity index is 2.16. The van der Waals surface area contributed by atoms with Gasteiger partial charge in [0.15, 0.2) is 0 Å². The molecule has 0 saturated carbocycles. The lowest BCUT2D eigenvalue weighted by atomic mass is 10.2. The van der Waals surface area contributed by atoms with E-state index in [-0.39, 0.29) is 5.82 Å². The smallest absolute Gasteiger partial charge is 0.218 e. The first-order valence-electron chi connectivity index (χ1n) is 5.51. The highest BCUT2D eigenvalue weighted by Gasteiger charge is 2.08. The van der Waals surface area contributed by atoms with Crippen LogP contribution >= 0.6 is 0 Å². The third-order valence-electron chi connectivity index (χ3n) is 2.59. The maximum absolute atomic E-state index is 13.5. The van der Waals surface area contributed by atoms with Crippen LogP contribution in [0.2, 0.25) is 0 Å². The zero-order valence-electron chi connectivity index (χ0n) is 10.3. The van der Waals surface area contributed by atoms with Gasteiger partial charge in [-0.1, -0.05) is 18.2 Å². The molecule has 0 atom stereocenters. The van der Waals surface area contributed by atoms with Gasteiger partial charge in [0.25, 0.3) is 0 Å². The Morgan fingerprint density at radius 1 is 1.28 bits per heavy atom. The summed E-state index contributed by atoms with van der Waals surface area (Å²) < 4.78 is 18.6. The Morgan fingerprint density at radius 2 is 2.06 bits per heavy atom. The van der Waals surface area contributed by atoms with Crippen molar-refractivity contribution >= 4 is 5.82 Å². The van der Waals surface area contributed by atoms with E-state index in [1.807, 2.05) is 18.0 Å². The molecular formula is C13H14FN3O. The van der Waals surface area contributed by atoms with Crippen LogP contribution in [0.5, 0.6) is 5.88 Å². The van der Waals surface area contributed by atoms with Gasteiger partial charge < -0.3 is 9.64 Å². The van der Waals surface area contributed by atoms with Gasteiger partial charge in [0, 0.05) is 25.2 Å². The van der Waals surface area contributed by atoms with Crippen LogP contribution < -0.4 is 9.64 Å². The molecule has 18 heavy (non-hydrogen) atoms. The van der Waals surface area contributed by atoms with Crippen LogP contribution in [0.25, 0.3) is 0 Å². The Morgan fingerprint density at radius 3 is 2.78 bits per heavy atom. The van der Waals surface area contributed by atoms with Crippen molar-refractivity contribution in [3.8, 4) is 5.88 Å². The van der Waals surface area contributed by atoms with Gasteiger partial charge in [0.1, 0.15) is 18.0 Å². The van der Waals surface area contributed by atoms with Crippen molar-refractivity contribution in [2.45, 2.75) is 6.54 Å². The topological polar surface area (TPSA) is 38.2 Å². The fourth-order valence-electron chi connectivity index (χ4n) is 1.61. The molecule has 0 aliphatic heterocycles. The van der Waals surface area contributed by atoms with Crippen molar-refractivity contribution in [1.82, 2.24) is 9.97 Å². The summed E-state index contributed by atoms with van der Waals surface area (Å²) in [6.07, 6.45) is 1.42. The number of halogens is 1. The largest absolute Gasteiger partial charge is 0.481 e. The van der Waals surface area contributed by atoms with Crippen LogP contribution in [0.4, 0.5) is 10.2 Å². The summed E-state index contributed by atoms with van der Waals surface area (Å²) in [5.74, 6) is 0.954. The van der Waals surface area contributed by atoms with Crippen molar-refractivity contribution in [3.05, 3.63) is 48.0 Å². The summed E-state index contributed by atoms with van der Waals surface area (Å²) in [5.41, 5.74) is 0.623. The van der Waals surface area contributed by atoms with Crippen LogP contribution in [0.1, 0.15) is 5.56 Å². The Bertz CT molecular complexity index is 533. The van der Waals surface area contributed by atoms with Gasteiger partial charge in [-0.2, -0.15) is 0 Å². The van der Waals surface area contributed by atoms with Crippen molar-refractivity contribution in [2.75, 3.05) is 19.1 Å². The van der Waals surface area contributed by atoms with Gasteiger partial charge in [-0.15, -0.1) is 0 Å². The zero-order valence-corrected chi connectivity index (χ0v) is 10.3. The molecule has 1 aromatic heterocycles. The summed E-state index contributed by atoms with van der Waals surface area (Å²) in [4.78, 5) is 9.89. The minimum atomic E-state index is -0.217. The highest BCUT2D eigenvalue weighted by Crippen LogP contribution is 2.17. The van der Waals surface area contributed by atoms with Gasteiger partial charge in [-0.25, -0.2) is 14.4 Å². The van der Waals surface area contributed by atoms with Crippen molar-refractivity contribution in [1.29, 1.82) is 0 Å². The lowest BCUT2D eigenvalue weighted by Crippen LogP contribution is -2.18. The Kier molecular flexibility index (Phi) is 3.72. The average Bonchev–Trinajstić information content (AvgIpc) is 2.41. The molecular weight excluding hydrogens is 233 g/mol. The zero-order chi connectivity index (χ0) is 13.0. The third kappa shape index (κ3) is 2.74. The number of anilines is 1. The number of benzene rings is 1. The number of methoxy groups -OCH3 is 1. The molecule has 4 nitrogen and oxygen atoms in total. The molecule has 0 N–H and O–H groups in total. The van der Waals surface area contributed by atoms with Crippen molar-refractivity contribution in [3.63, 3.8) is 0 Å². The fraction of sp³-hybridized carbons (Fsp3) is 0.231. The van der Waals surface area contributed by atoms with E-state index in [0.717, 1.165) is 0 Å². The minimum absolute atomic E-state index is 0.217. The van der Waals surface area contributed by atoms with Gasteiger partial charge in [-0.05, 0) is 6.07 Å². The molecule has 0 spiro atoms. The first kappa shape index (κ1) is 12.3. The number of hydrogen-bond donors (Lipinski definition) is 0. The Hall–Kier alpha value is -2.17. The van der Waals surface area contributed by atoms with Crippen LogP contribution in [0, 0.1) is 5.82 Å². The first-order chi connectivity index (χ1) is 8.70. The number of hydrogen-bond acceptors (Lipinski definition) is 4. The van der Waals surface area contributed by atoms with E-state index in [1.54, 1.807) is 25.3 Å². The highest BCUT2D eigenvalue weighted by molar-refractivity contribution is 5.40. The molecule has 0 saturated heterocycles. The summed E-state index contributed by atoms with van der Waals surface area (Å²) in [6, 6.07) is 8.40. The van der Waals surface area contributed by atoms with E-state index in [4.69, 9.17) is 4.74 Å². The molecule has 2 aromatic rings. The Labute approximate surface area is 105 Å². The van der Waals surface area contributed by atoms with E-state index in [9.17, 15) is 4.39 Å². The predicted molar refractivity (Wildman–Crippen MR) is 67.1 cm³/mol. The van der Waals surface area contributed by atoms with E-state index in [1.165, 1.54) is 12.4 Å². The van der Waals surface area contributed by atoms with E-state index in [2.05, 4.69) is 9.97 Å². The van der Waals surface area contributed by atoms with Gasteiger partial charge in [-0.3, -0.25) is 0 Å². The number of rotatable bonds is 4. The third-order valence-corrected chi connectivity index (χ3v) is 2.59. The van der Waals surface area contributed by atoms with Crippen molar-refractivity contribution in [2.24, 2.45) is 0 Å². The lowest BCUT2D eigenvalue weighted by molar-refractivity contribution is 0.397. The summed E-state index contributed by atoms with van der Waals surface area (Å²) in [7, 11) is 3.39. The normalized spacial score (nSPS) is 10.2. The summed E-state index contributed by atoms with van der Waals surface area (Å²) >= 11 is 0. The molecule has 0 amide bonds. The van der Waals surface area contributed by atoms with Crippen LogP contribution in [-0.4, -0.2) is 24.1 Å². The van der Waals surface area contributed by atoms with E-state index >= 15 is 0 Å². The van der Waals surface area contributed by atoms with Gasteiger partial charge in [0.2, 0.25) is 5.88 Å². The predicted octanol–water partition coefficient (Wildman–Crippen LogP) is 2.26. The summed E-state index contributed by atoms with van der Waals surface area (Å²) in [6.45, 7) is 0.437. The molecule has 0 unspecified atom stereocenters. The van der Waals surface area contributed by atoms with E-state index in [0.29, 0.717) is 23.8 Å². The average molecular weight is 247 g/mol. The molecule has 1 heterocycles. The molecule has 0 aliphatic carbocycles. The molecule has 0 aliphatic rings. The molecule has 0 fully saturated rings. The maximum Gasteiger partial charge on any atom is 0.218 e. The number of aromatic nitrogens is 2. The van der Waals surface area contributed by atoms with E-state index < -0.39 is 0 Å². The van der Waals surface area contributed by atoms with Gasteiger partial charge >= 0.3 is 0 Å².